The summed E-state index contributed by atoms with van der Waals surface area (Å²) in [6.45, 7) is 8.91. The molecule has 0 aromatic heterocycles. The van der Waals surface area contributed by atoms with E-state index in [2.05, 4.69) is 13.8 Å². The summed E-state index contributed by atoms with van der Waals surface area (Å²) in [5.74, 6) is -0.437. The fraction of sp³-hybridized carbons (Fsp3) is 0.407. The molecule has 2 aromatic rings. The highest BCUT2D eigenvalue weighted by Gasteiger charge is 2.45. The van der Waals surface area contributed by atoms with Crippen LogP contribution in [0.1, 0.15) is 62.8 Å². The lowest BCUT2D eigenvalue weighted by Crippen LogP contribution is -2.31. The normalized spacial score (nSPS) is 17.9. The van der Waals surface area contributed by atoms with Gasteiger partial charge in [-0.15, -0.1) is 0 Å². The number of methoxy groups -OCH3 is 1. The molecule has 1 N–H and O–H groups in total. The average molecular weight is 452 g/mol. The zero-order valence-corrected chi connectivity index (χ0v) is 20.0. The van der Waals surface area contributed by atoms with Gasteiger partial charge in [0, 0.05) is 25.8 Å². The van der Waals surface area contributed by atoms with Crippen LogP contribution in [0, 0.1) is 0 Å². The highest BCUT2D eigenvalue weighted by atomic mass is 16.5. The highest BCUT2D eigenvalue weighted by molar-refractivity contribution is 6.46. The molecule has 176 valence electrons. The lowest BCUT2D eigenvalue weighted by atomic mass is 9.93. The quantitative estimate of drug-likeness (QED) is 0.250. The van der Waals surface area contributed by atoms with Crippen LogP contribution < -0.4 is 4.74 Å². The molecule has 3 rings (SSSR count). The predicted octanol–water partition coefficient (Wildman–Crippen LogP) is 5.06. The molecule has 1 fully saturated rings. The van der Waals surface area contributed by atoms with E-state index in [-0.39, 0.29) is 17.4 Å². The topological polar surface area (TPSA) is 76.1 Å². The van der Waals surface area contributed by atoms with Gasteiger partial charge in [-0.1, -0.05) is 38.1 Å². The van der Waals surface area contributed by atoms with Crippen molar-refractivity contribution in [3.63, 3.8) is 0 Å². The molecular weight excluding hydrogens is 418 g/mol. The average Bonchev–Trinajstić information content (AvgIpc) is 3.04. The summed E-state index contributed by atoms with van der Waals surface area (Å²) in [6.07, 6.45) is 0.612. The summed E-state index contributed by atoms with van der Waals surface area (Å²) in [7, 11) is 1.60. The summed E-state index contributed by atoms with van der Waals surface area (Å²) < 4.78 is 10.8. The molecule has 2 aromatic carbocycles. The number of ketones is 1. The zero-order chi connectivity index (χ0) is 24.1. The third-order valence-corrected chi connectivity index (χ3v) is 5.71. The number of hydrogen-bond donors (Lipinski definition) is 1. The van der Waals surface area contributed by atoms with E-state index in [1.807, 2.05) is 38.1 Å². The van der Waals surface area contributed by atoms with Crippen LogP contribution in [0.5, 0.6) is 5.75 Å². The van der Waals surface area contributed by atoms with E-state index in [1.54, 1.807) is 31.4 Å². The number of benzene rings is 2. The van der Waals surface area contributed by atoms with E-state index in [0.717, 1.165) is 11.1 Å². The number of carbonyl (C=O) groups excluding carboxylic acids is 2. The van der Waals surface area contributed by atoms with Gasteiger partial charge < -0.3 is 19.5 Å². The van der Waals surface area contributed by atoms with Gasteiger partial charge >= 0.3 is 0 Å². The van der Waals surface area contributed by atoms with Crippen LogP contribution in [0.2, 0.25) is 0 Å². The summed E-state index contributed by atoms with van der Waals surface area (Å²) in [4.78, 5) is 27.6. The lowest BCUT2D eigenvalue weighted by molar-refractivity contribution is -0.140. The van der Waals surface area contributed by atoms with E-state index in [0.29, 0.717) is 36.8 Å². The Morgan fingerprint density at radius 2 is 1.64 bits per heavy atom. The number of likely N-dealkylation sites (tertiary alicyclic amines) is 1. The fourth-order valence-corrected chi connectivity index (χ4v) is 4.02. The number of aliphatic hydroxyl groups is 1. The summed E-state index contributed by atoms with van der Waals surface area (Å²) in [6, 6.07) is 14.1. The van der Waals surface area contributed by atoms with Crippen molar-refractivity contribution in [1.29, 1.82) is 0 Å². The Bertz CT molecular complexity index is 1010. The molecule has 1 amide bonds. The number of nitrogens with zero attached hydrogens (tertiary/aromatic N) is 1. The van der Waals surface area contributed by atoms with Crippen molar-refractivity contribution in [3.8, 4) is 5.75 Å². The first-order chi connectivity index (χ1) is 15.7. The van der Waals surface area contributed by atoms with Gasteiger partial charge in [0.15, 0.2) is 0 Å². The van der Waals surface area contributed by atoms with Gasteiger partial charge in [0.1, 0.15) is 11.5 Å². The SMILES string of the molecule is COCCCN1C(=O)C(=O)/C(=C(\O)c2ccc(OC(C)C)cc2)C1c1ccc(C(C)C)cc1. The fourth-order valence-electron chi connectivity index (χ4n) is 4.02. The smallest absolute Gasteiger partial charge is 0.295 e. The molecule has 0 saturated carbocycles. The van der Waals surface area contributed by atoms with Crippen molar-refractivity contribution >= 4 is 17.4 Å². The minimum atomic E-state index is -0.676. The maximum absolute atomic E-state index is 13.1. The minimum absolute atomic E-state index is 0.0238. The molecule has 1 atom stereocenters. The minimum Gasteiger partial charge on any atom is -0.507 e. The Morgan fingerprint density at radius 1 is 1.00 bits per heavy atom. The molecule has 6 nitrogen and oxygen atoms in total. The van der Waals surface area contributed by atoms with Gasteiger partial charge in [0.05, 0.1) is 17.7 Å². The van der Waals surface area contributed by atoms with Crippen molar-refractivity contribution in [1.82, 2.24) is 4.90 Å². The first kappa shape index (κ1) is 24.5. The van der Waals surface area contributed by atoms with E-state index >= 15 is 0 Å². The van der Waals surface area contributed by atoms with Gasteiger partial charge in [-0.2, -0.15) is 0 Å². The molecule has 0 aliphatic carbocycles. The summed E-state index contributed by atoms with van der Waals surface area (Å²) in [5.41, 5.74) is 2.52. The first-order valence-electron chi connectivity index (χ1n) is 11.4. The second kappa shape index (κ2) is 10.7. The second-order valence-corrected chi connectivity index (χ2v) is 8.85. The molecule has 33 heavy (non-hydrogen) atoms. The maximum atomic E-state index is 13.1. The third kappa shape index (κ3) is 5.45. The molecule has 1 heterocycles. The Kier molecular flexibility index (Phi) is 7.92. The Labute approximate surface area is 195 Å². The summed E-state index contributed by atoms with van der Waals surface area (Å²) >= 11 is 0. The lowest BCUT2D eigenvalue weighted by Gasteiger charge is -2.25. The molecule has 6 heteroatoms. The van der Waals surface area contributed by atoms with Crippen molar-refractivity contribution < 1.29 is 24.2 Å². The van der Waals surface area contributed by atoms with E-state index in [9.17, 15) is 14.7 Å². The van der Waals surface area contributed by atoms with Gasteiger partial charge in [-0.05, 0) is 61.6 Å². The molecule has 1 aliphatic rings. The zero-order valence-electron chi connectivity index (χ0n) is 20.0. The van der Waals surface area contributed by atoms with Crippen LogP contribution in [-0.2, 0) is 14.3 Å². The van der Waals surface area contributed by atoms with E-state index < -0.39 is 17.7 Å². The standard InChI is InChI=1S/C27H33NO5/c1-17(2)19-7-9-20(10-8-19)24-23(26(30)27(31)28(24)15-6-16-32-5)25(29)21-11-13-22(14-12-21)33-18(3)4/h7-14,17-18,24,29H,6,15-16H2,1-5H3/b25-23-. The molecule has 0 spiro atoms. The van der Waals surface area contributed by atoms with E-state index in [4.69, 9.17) is 9.47 Å². The van der Waals surface area contributed by atoms with Crippen LogP contribution in [-0.4, -0.2) is 48.1 Å². The predicted molar refractivity (Wildman–Crippen MR) is 128 cm³/mol. The first-order valence-corrected chi connectivity index (χ1v) is 11.4. The van der Waals surface area contributed by atoms with Gasteiger partial charge in [0.2, 0.25) is 0 Å². The van der Waals surface area contributed by atoms with Gasteiger partial charge in [-0.3, -0.25) is 9.59 Å². The van der Waals surface area contributed by atoms with E-state index in [1.165, 1.54) is 4.90 Å². The Hall–Kier alpha value is -3.12. The van der Waals surface area contributed by atoms with Crippen LogP contribution in [0.4, 0.5) is 0 Å². The van der Waals surface area contributed by atoms with Crippen LogP contribution in [0.15, 0.2) is 54.1 Å². The molecule has 1 saturated heterocycles. The number of ether oxygens (including phenoxy) is 2. The largest absolute Gasteiger partial charge is 0.507 e. The molecule has 0 radical (unpaired) electrons. The number of amides is 1. The number of Topliss-reactive ketones (excluding diaryl/α,β-unsaturated/α-hetero) is 1. The van der Waals surface area contributed by atoms with Crippen LogP contribution in [0.25, 0.3) is 5.76 Å². The number of rotatable bonds is 9. The Morgan fingerprint density at radius 3 is 2.18 bits per heavy atom. The second-order valence-electron chi connectivity index (χ2n) is 8.85. The monoisotopic (exact) mass is 451 g/mol. The summed E-state index contributed by atoms with van der Waals surface area (Å²) in [5, 5.41) is 11.2. The third-order valence-electron chi connectivity index (χ3n) is 5.71. The van der Waals surface area contributed by atoms with Crippen LogP contribution >= 0.6 is 0 Å². The maximum Gasteiger partial charge on any atom is 0.295 e. The molecular formula is C27H33NO5. The number of carbonyl (C=O) groups is 2. The van der Waals surface area contributed by atoms with Gasteiger partial charge in [0.25, 0.3) is 11.7 Å². The Balaban J connectivity index is 2.05. The van der Waals surface area contributed by atoms with Crippen molar-refractivity contribution in [2.75, 3.05) is 20.3 Å². The number of aliphatic hydroxyl groups excluding tert-OH is 1. The molecule has 1 aliphatic heterocycles. The van der Waals surface area contributed by atoms with Crippen molar-refractivity contribution in [3.05, 3.63) is 70.8 Å². The van der Waals surface area contributed by atoms with Gasteiger partial charge in [-0.25, -0.2) is 0 Å². The van der Waals surface area contributed by atoms with Crippen molar-refractivity contribution in [2.45, 2.75) is 52.2 Å². The number of hydrogen-bond acceptors (Lipinski definition) is 5. The van der Waals surface area contributed by atoms with Crippen LogP contribution in [0.3, 0.4) is 0 Å². The molecule has 1 unspecified atom stereocenters. The highest BCUT2D eigenvalue weighted by Crippen LogP contribution is 2.40. The van der Waals surface area contributed by atoms with Crippen molar-refractivity contribution in [2.24, 2.45) is 0 Å². The molecule has 0 bridgehead atoms.